The molecule has 24 heavy (non-hydrogen) atoms. The van der Waals surface area contributed by atoms with Crippen LogP contribution < -0.4 is 10.2 Å². The number of hydrogen-bond acceptors (Lipinski definition) is 3. The van der Waals surface area contributed by atoms with Gasteiger partial charge in [0.15, 0.2) is 0 Å². The molecule has 1 N–H and O–H groups in total. The van der Waals surface area contributed by atoms with Gasteiger partial charge >= 0.3 is 0 Å². The van der Waals surface area contributed by atoms with E-state index < -0.39 is 5.41 Å². The number of anilines is 1. The predicted molar refractivity (Wildman–Crippen MR) is 92.9 cm³/mol. The molecule has 2 aliphatic rings. The normalized spacial score (nSPS) is 20.6. The number of para-hydroxylation sites is 1. The van der Waals surface area contributed by atoms with Crippen molar-refractivity contribution < 1.29 is 14.3 Å². The second-order valence-electron chi connectivity index (χ2n) is 7.16. The number of carbonyl (C=O) groups excluding carboxylic acids is 2. The Labute approximate surface area is 143 Å². The van der Waals surface area contributed by atoms with E-state index in [1.54, 1.807) is 18.7 Å². The highest BCUT2D eigenvalue weighted by Gasteiger charge is 2.40. The van der Waals surface area contributed by atoms with Crippen LogP contribution in [0.4, 0.5) is 5.69 Å². The van der Waals surface area contributed by atoms with E-state index in [9.17, 15) is 9.59 Å². The highest BCUT2D eigenvalue weighted by Crippen LogP contribution is 2.31. The van der Waals surface area contributed by atoms with Gasteiger partial charge in [0, 0.05) is 25.4 Å². The number of fused-ring (bicyclic) bond motifs is 1. The number of benzene rings is 1. The summed E-state index contributed by atoms with van der Waals surface area (Å²) in [6.45, 7) is 5.31. The Balaban J connectivity index is 1.69. The minimum Gasteiger partial charge on any atom is -0.376 e. The number of aryl methyl sites for hydroxylation is 1. The quantitative estimate of drug-likeness (QED) is 0.862. The van der Waals surface area contributed by atoms with Gasteiger partial charge in [-0.2, -0.15) is 0 Å². The Hall–Kier alpha value is -1.88. The Morgan fingerprint density at radius 2 is 2.08 bits per heavy atom. The van der Waals surface area contributed by atoms with Crippen LogP contribution in [0.5, 0.6) is 0 Å². The molecule has 0 aromatic heterocycles. The SMILES string of the molecule is CC(C)(C(=O)NCC1CCCO1)C(=O)N1CCCc2ccccc21. The van der Waals surface area contributed by atoms with Crippen LogP contribution in [0.3, 0.4) is 0 Å². The maximum atomic E-state index is 13.1. The average molecular weight is 330 g/mol. The van der Waals surface area contributed by atoms with E-state index in [-0.39, 0.29) is 17.9 Å². The molecular weight excluding hydrogens is 304 g/mol. The summed E-state index contributed by atoms with van der Waals surface area (Å²) < 4.78 is 5.53. The maximum absolute atomic E-state index is 13.1. The molecule has 1 unspecified atom stereocenters. The molecule has 1 saturated heterocycles. The molecule has 0 saturated carbocycles. The van der Waals surface area contributed by atoms with Gasteiger partial charge < -0.3 is 15.0 Å². The van der Waals surface area contributed by atoms with Crippen LogP contribution in [0.25, 0.3) is 0 Å². The molecule has 2 aliphatic heterocycles. The standard InChI is InChI=1S/C19H26N2O3/c1-19(2,17(22)20-13-15-9-6-12-24-15)18(23)21-11-5-8-14-7-3-4-10-16(14)21/h3-4,7,10,15H,5-6,8-9,11-13H2,1-2H3,(H,20,22). The molecule has 1 aromatic carbocycles. The maximum Gasteiger partial charge on any atom is 0.242 e. The predicted octanol–water partition coefficient (Wildman–Crippen LogP) is 2.29. The van der Waals surface area contributed by atoms with Crippen molar-refractivity contribution in [3.8, 4) is 0 Å². The fraction of sp³-hybridized carbons (Fsp3) is 0.579. The zero-order chi connectivity index (χ0) is 17.2. The van der Waals surface area contributed by atoms with Gasteiger partial charge in [0.2, 0.25) is 11.8 Å². The first kappa shape index (κ1) is 17.0. The van der Waals surface area contributed by atoms with Crippen LogP contribution in [0.2, 0.25) is 0 Å². The Kier molecular flexibility index (Phi) is 4.90. The molecule has 0 aliphatic carbocycles. The number of amides is 2. The summed E-state index contributed by atoms with van der Waals surface area (Å²) in [4.78, 5) is 27.4. The molecule has 5 nitrogen and oxygen atoms in total. The second kappa shape index (κ2) is 6.93. The van der Waals surface area contributed by atoms with Crippen molar-refractivity contribution in [1.82, 2.24) is 5.32 Å². The highest BCUT2D eigenvalue weighted by molar-refractivity contribution is 6.11. The third kappa shape index (κ3) is 3.31. The number of nitrogens with one attached hydrogen (secondary N) is 1. The molecule has 130 valence electrons. The number of hydrogen-bond donors (Lipinski definition) is 1. The lowest BCUT2D eigenvalue weighted by molar-refractivity contribution is -0.140. The van der Waals surface area contributed by atoms with Crippen molar-refractivity contribution in [1.29, 1.82) is 0 Å². The Morgan fingerprint density at radius 3 is 2.83 bits per heavy atom. The van der Waals surface area contributed by atoms with Gasteiger partial charge in [0.05, 0.1) is 6.10 Å². The van der Waals surface area contributed by atoms with Crippen LogP contribution in [-0.2, 0) is 20.7 Å². The minimum atomic E-state index is -1.09. The molecule has 3 rings (SSSR count). The van der Waals surface area contributed by atoms with Gasteiger partial charge in [-0.1, -0.05) is 18.2 Å². The monoisotopic (exact) mass is 330 g/mol. The lowest BCUT2D eigenvalue weighted by atomic mass is 9.88. The Morgan fingerprint density at radius 1 is 1.29 bits per heavy atom. The van der Waals surface area contributed by atoms with E-state index >= 15 is 0 Å². The molecule has 0 spiro atoms. The zero-order valence-corrected chi connectivity index (χ0v) is 14.5. The van der Waals surface area contributed by atoms with Gasteiger partial charge in [0.25, 0.3) is 0 Å². The molecule has 1 fully saturated rings. The van der Waals surface area contributed by atoms with Crippen LogP contribution in [0.1, 0.15) is 38.7 Å². The lowest BCUT2D eigenvalue weighted by Gasteiger charge is -2.35. The van der Waals surface area contributed by atoms with Crippen LogP contribution in [0.15, 0.2) is 24.3 Å². The molecule has 1 atom stereocenters. The van der Waals surface area contributed by atoms with Crippen molar-refractivity contribution in [3.63, 3.8) is 0 Å². The van der Waals surface area contributed by atoms with Crippen LogP contribution in [-0.4, -0.2) is 37.6 Å². The molecular formula is C19H26N2O3. The lowest BCUT2D eigenvalue weighted by Crippen LogP contribution is -2.51. The third-order valence-electron chi connectivity index (χ3n) is 4.97. The number of rotatable bonds is 4. The molecule has 2 heterocycles. The van der Waals surface area contributed by atoms with E-state index in [0.717, 1.165) is 38.0 Å². The van der Waals surface area contributed by atoms with Crippen molar-refractivity contribution in [2.45, 2.75) is 45.6 Å². The van der Waals surface area contributed by atoms with Crippen molar-refractivity contribution in [3.05, 3.63) is 29.8 Å². The van der Waals surface area contributed by atoms with Crippen LogP contribution >= 0.6 is 0 Å². The van der Waals surface area contributed by atoms with E-state index in [4.69, 9.17) is 4.74 Å². The second-order valence-corrected chi connectivity index (χ2v) is 7.16. The topological polar surface area (TPSA) is 58.6 Å². The summed E-state index contributed by atoms with van der Waals surface area (Å²) in [6, 6.07) is 7.95. The largest absolute Gasteiger partial charge is 0.376 e. The number of carbonyl (C=O) groups is 2. The number of ether oxygens (including phenoxy) is 1. The van der Waals surface area contributed by atoms with E-state index in [0.29, 0.717) is 13.1 Å². The summed E-state index contributed by atoms with van der Waals surface area (Å²) in [6.07, 6.45) is 3.99. The number of nitrogens with zero attached hydrogens (tertiary/aromatic N) is 1. The van der Waals surface area contributed by atoms with E-state index in [2.05, 4.69) is 11.4 Å². The van der Waals surface area contributed by atoms with Crippen molar-refractivity contribution in [2.24, 2.45) is 5.41 Å². The van der Waals surface area contributed by atoms with E-state index in [1.165, 1.54) is 5.56 Å². The summed E-state index contributed by atoms with van der Waals surface area (Å²) in [5.41, 5.74) is 1.02. The fourth-order valence-corrected chi connectivity index (χ4v) is 3.41. The first-order chi connectivity index (χ1) is 11.5. The molecule has 0 bridgehead atoms. The summed E-state index contributed by atoms with van der Waals surface area (Å²) in [7, 11) is 0. The summed E-state index contributed by atoms with van der Waals surface area (Å²) >= 11 is 0. The van der Waals surface area contributed by atoms with Gasteiger partial charge in [0.1, 0.15) is 5.41 Å². The van der Waals surface area contributed by atoms with Gasteiger partial charge in [-0.3, -0.25) is 9.59 Å². The first-order valence-corrected chi connectivity index (χ1v) is 8.80. The molecule has 1 aromatic rings. The summed E-state index contributed by atoms with van der Waals surface area (Å²) in [5, 5.41) is 2.90. The van der Waals surface area contributed by atoms with Crippen LogP contribution in [0, 0.1) is 5.41 Å². The van der Waals surface area contributed by atoms with Gasteiger partial charge in [-0.05, 0) is 51.2 Å². The van der Waals surface area contributed by atoms with Crippen molar-refractivity contribution >= 4 is 17.5 Å². The summed E-state index contributed by atoms with van der Waals surface area (Å²) in [5.74, 6) is -0.370. The van der Waals surface area contributed by atoms with Crippen molar-refractivity contribution in [2.75, 3.05) is 24.6 Å². The van der Waals surface area contributed by atoms with Gasteiger partial charge in [-0.15, -0.1) is 0 Å². The van der Waals surface area contributed by atoms with Gasteiger partial charge in [-0.25, -0.2) is 0 Å². The molecule has 0 radical (unpaired) electrons. The Bertz CT molecular complexity index is 621. The smallest absolute Gasteiger partial charge is 0.242 e. The molecule has 5 heteroatoms. The fourth-order valence-electron chi connectivity index (χ4n) is 3.41. The van der Waals surface area contributed by atoms with E-state index in [1.807, 2.05) is 18.2 Å². The highest BCUT2D eigenvalue weighted by atomic mass is 16.5. The average Bonchev–Trinajstić information content (AvgIpc) is 3.12. The zero-order valence-electron chi connectivity index (χ0n) is 14.5. The minimum absolute atomic E-state index is 0.0792. The first-order valence-electron chi connectivity index (χ1n) is 8.80. The third-order valence-corrected chi connectivity index (χ3v) is 4.97. The molecule has 2 amide bonds.